The largest absolute Gasteiger partial charge is 0.469 e. The van der Waals surface area contributed by atoms with Crippen LogP contribution in [0, 0.1) is 0 Å². The molecule has 1 aromatic rings. The van der Waals surface area contributed by atoms with Crippen LogP contribution in [0.4, 0.5) is 0 Å². The van der Waals surface area contributed by atoms with E-state index in [1.807, 2.05) is 0 Å². The summed E-state index contributed by atoms with van der Waals surface area (Å²) in [6.45, 7) is 0.455. The van der Waals surface area contributed by atoms with Crippen LogP contribution in [0.2, 0.25) is 0 Å². The number of methoxy groups -OCH3 is 1. The molecule has 0 bridgehead atoms. The summed E-state index contributed by atoms with van der Waals surface area (Å²) in [5, 5.41) is 2.70. The van der Waals surface area contributed by atoms with Crippen LogP contribution in [0.15, 0.2) is 24.5 Å². The van der Waals surface area contributed by atoms with Gasteiger partial charge in [-0.1, -0.05) is 0 Å². The number of nitrogens with zero attached hydrogens (tertiary/aromatic N) is 1. The van der Waals surface area contributed by atoms with Gasteiger partial charge in [-0.05, 0) is 18.6 Å². The van der Waals surface area contributed by atoms with Gasteiger partial charge in [0.1, 0.15) is 0 Å². The summed E-state index contributed by atoms with van der Waals surface area (Å²) in [6.07, 6.45) is 4.00. The van der Waals surface area contributed by atoms with Gasteiger partial charge in [0.05, 0.1) is 7.11 Å². The Kier molecular flexibility index (Phi) is 4.98. The normalized spacial score (nSPS) is 9.56. The first-order valence-electron chi connectivity index (χ1n) is 4.99. The van der Waals surface area contributed by atoms with Gasteiger partial charge in [0.2, 0.25) is 0 Å². The maximum atomic E-state index is 11.5. The van der Waals surface area contributed by atoms with E-state index in [1.165, 1.54) is 7.11 Å². The van der Waals surface area contributed by atoms with Crippen molar-refractivity contribution in [1.82, 2.24) is 10.3 Å². The highest BCUT2D eigenvalue weighted by Gasteiger charge is 2.04. The molecule has 0 atom stereocenters. The highest BCUT2D eigenvalue weighted by atomic mass is 16.5. The summed E-state index contributed by atoms with van der Waals surface area (Å²) < 4.78 is 4.48. The van der Waals surface area contributed by atoms with Crippen LogP contribution in [0.1, 0.15) is 23.2 Å². The molecule has 0 radical (unpaired) electrons. The van der Waals surface area contributed by atoms with Crippen LogP contribution >= 0.6 is 0 Å². The van der Waals surface area contributed by atoms with E-state index >= 15 is 0 Å². The molecular weight excluding hydrogens is 208 g/mol. The van der Waals surface area contributed by atoms with Crippen LogP contribution in [-0.2, 0) is 9.53 Å². The first-order chi connectivity index (χ1) is 7.74. The summed E-state index contributed by atoms with van der Waals surface area (Å²) in [4.78, 5) is 26.1. The molecule has 16 heavy (non-hydrogen) atoms. The lowest BCUT2D eigenvalue weighted by molar-refractivity contribution is -0.140. The van der Waals surface area contributed by atoms with Crippen LogP contribution < -0.4 is 5.32 Å². The number of esters is 1. The first kappa shape index (κ1) is 12.2. The summed E-state index contributed by atoms with van der Waals surface area (Å²) >= 11 is 0. The van der Waals surface area contributed by atoms with Gasteiger partial charge in [0, 0.05) is 30.9 Å². The summed E-state index contributed by atoms with van der Waals surface area (Å²) in [5.74, 6) is -0.426. The topological polar surface area (TPSA) is 68.3 Å². The van der Waals surface area contributed by atoms with Crippen molar-refractivity contribution in [2.75, 3.05) is 13.7 Å². The molecule has 0 aromatic carbocycles. The van der Waals surface area contributed by atoms with E-state index in [0.29, 0.717) is 24.9 Å². The lowest BCUT2D eigenvalue weighted by Crippen LogP contribution is -2.24. The van der Waals surface area contributed by atoms with Gasteiger partial charge in [-0.3, -0.25) is 14.6 Å². The second-order valence-corrected chi connectivity index (χ2v) is 3.17. The zero-order valence-corrected chi connectivity index (χ0v) is 9.10. The van der Waals surface area contributed by atoms with Crippen molar-refractivity contribution >= 4 is 11.9 Å². The minimum absolute atomic E-state index is 0.160. The van der Waals surface area contributed by atoms with Crippen molar-refractivity contribution in [3.63, 3.8) is 0 Å². The maximum Gasteiger partial charge on any atom is 0.305 e. The minimum Gasteiger partial charge on any atom is -0.469 e. The van der Waals surface area contributed by atoms with Gasteiger partial charge in [-0.25, -0.2) is 0 Å². The van der Waals surface area contributed by atoms with E-state index in [4.69, 9.17) is 0 Å². The second-order valence-electron chi connectivity index (χ2n) is 3.17. The van der Waals surface area contributed by atoms with Crippen LogP contribution in [0.25, 0.3) is 0 Å². The van der Waals surface area contributed by atoms with Crippen LogP contribution in [-0.4, -0.2) is 30.5 Å². The number of nitrogens with one attached hydrogen (secondary N) is 1. The quantitative estimate of drug-likeness (QED) is 0.590. The number of carbonyl (C=O) groups is 2. The van der Waals surface area contributed by atoms with Crippen molar-refractivity contribution in [3.8, 4) is 0 Å². The Balaban J connectivity index is 2.24. The van der Waals surface area contributed by atoms with Crippen molar-refractivity contribution < 1.29 is 14.3 Å². The predicted octanol–water partition coefficient (Wildman–Crippen LogP) is 0.765. The summed E-state index contributed by atoms with van der Waals surface area (Å²) in [6, 6.07) is 3.27. The molecule has 5 heteroatoms. The van der Waals surface area contributed by atoms with Gasteiger partial charge < -0.3 is 10.1 Å². The molecule has 5 nitrogen and oxygen atoms in total. The molecule has 86 valence electrons. The average Bonchev–Trinajstić information content (AvgIpc) is 2.35. The Morgan fingerprint density at radius 2 is 2.06 bits per heavy atom. The fourth-order valence-corrected chi connectivity index (χ4v) is 1.14. The van der Waals surface area contributed by atoms with Crippen molar-refractivity contribution in [1.29, 1.82) is 0 Å². The third kappa shape index (κ3) is 4.08. The average molecular weight is 222 g/mol. The van der Waals surface area contributed by atoms with E-state index in [0.717, 1.165) is 0 Å². The Hall–Kier alpha value is -1.91. The molecule has 0 spiro atoms. The highest BCUT2D eigenvalue weighted by molar-refractivity contribution is 5.93. The van der Waals surface area contributed by atoms with Gasteiger partial charge >= 0.3 is 5.97 Å². The summed E-state index contributed by atoms with van der Waals surface area (Å²) in [7, 11) is 1.35. The number of carbonyl (C=O) groups excluding carboxylic acids is 2. The molecule has 0 fully saturated rings. The Bertz CT molecular complexity index is 352. The molecule has 1 N–H and O–H groups in total. The molecule has 1 amide bonds. The Labute approximate surface area is 93.8 Å². The lowest BCUT2D eigenvalue weighted by Gasteiger charge is -2.04. The van der Waals surface area contributed by atoms with Crippen LogP contribution in [0.3, 0.4) is 0 Å². The molecule has 1 aromatic heterocycles. The number of ether oxygens (including phenoxy) is 1. The molecule has 0 saturated heterocycles. The number of aromatic nitrogens is 1. The maximum absolute atomic E-state index is 11.5. The Morgan fingerprint density at radius 1 is 1.38 bits per heavy atom. The molecule has 0 aliphatic carbocycles. The number of hydrogen-bond donors (Lipinski definition) is 1. The van der Waals surface area contributed by atoms with Gasteiger partial charge in [-0.2, -0.15) is 0 Å². The van der Waals surface area contributed by atoms with Gasteiger partial charge in [0.15, 0.2) is 0 Å². The molecule has 0 saturated carbocycles. The fraction of sp³-hybridized carbons (Fsp3) is 0.364. The molecule has 0 aliphatic rings. The van der Waals surface area contributed by atoms with E-state index in [1.54, 1.807) is 24.5 Å². The van der Waals surface area contributed by atoms with Crippen molar-refractivity contribution in [2.45, 2.75) is 12.8 Å². The third-order valence-electron chi connectivity index (χ3n) is 2.01. The monoisotopic (exact) mass is 222 g/mol. The minimum atomic E-state index is -0.266. The van der Waals surface area contributed by atoms with E-state index in [-0.39, 0.29) is 11.9 Å². The number of amides is 1. The number of hydrogen-bond acceptors (Lipinski definition) is 4. The van der Waals surface area contributed by atoms with Gasteiger partial charge in [0.25, 0.3) is 5.91 Å². The van der Waals surface area contributed by atoms with Gasteiger partial charge in [-0.15, -0.1) is 0 Å². The zero-order valence-electron chi connectivity index (χ0n) is 9.10. The molecular formula is C11H14N2O3. The molecule has 0 unspecified atom stereocenters. The smallest absolute Gasteiger partial charge is 0.305 e. The Morgan fingerprint density at radius 3 is 2.69 bits per heavy atom. The van der Waals surface area contributed by atoms with E-state index in [9.17, 15) is 9.59 Å². The standard InChI is InChI=1S/C11H14N2O3/c1-16-10(14)3-2-6-13-11(15)9-4-7-12-8-5-9/h4-5,7-8H,2-3,6H2,1H3,(H,13,15). The fourth-order valence-electron chi connectivity index (χ4n) is 1.14. The molecule has 1 rings (SSSR count). The SMILES string of the molecule is COC(=O)CCCNC(=O)c1ccncc1. The third-order valence-corrected chi connectivity index (χ3v) is 2.01. The predicted molar refractivity (Wildman–Crippen MR) is 57.8 cm³/mol. The zero-order chi connectivity index (χ0) is 11.8. The van der Waals surface area contributed by atoms with E-state index < -0.39 is 0 Å². The highest BCUT2D eigenvalue weighted by Crippen LogP contribution is 1.96. The van der Waals surface area contributed by atoms with Crippen LogP contribution in [0.5, 0.6) is 0 Å². The lowest BCUT2D eigenvalue weighted by atomic mass is 10.2. The van der Waals surface area contributed by atoms with Crippen molar-refractivity contribution in [3.05, 3.63) is 30.1 Å². The summed E-state index contributed by atoms with van der Waals surface area (Å²) in [5.41, 5.74) is 0.563. The molecule has 0 aliphatic heterocycles. The van der Waals surface area contributed by atoms with E-state index in [2.05, 4.69) is 15.0 Å². The number of pyridine rings is 1. The van der Waals surface area contributed by atoms with Crippen molar-refractivity contribution in [2.24, 2.45) is 0 Å². The first-order valence-corrected chi connectivity index (χ1v) is 4.99. The number of rotatable bonds is 5. The molecule has 1 heterocycles. The second kappa shape index (κ2) is 6.55.